The second-order valence-electron chi connectivity index (χ2n) is 23.1. The average Bonchev–Trinajstić information content (AvgIpc) is 3.46. The molecule has 0 spiro atoms. The van der Waals surface area contributed by atoms with E-state index >= 15 is 0 Å². The lowest BCUT2D eigenvalue weighted by molar-refractivity contribution is -0.870. The van der Waals surface area contributed by atoms with E-state index in [-0.39, 0.29) is 32.2 Å². The fourth-order valence-corrected chi connectivity index (χ4v) is 8.84. The van der Waals surface area contributed by atoms with Crippen LogP contribution in [0.1, 0.15) is 258 Å². The topological polar surface area (TPSA) is 108 Å². The van der Waals surface area contributed by atoms with Crippen LogP contribution in [0.5, 0.6) is 0 Å². The summed E-state index contributed by atoms with van der Waals surface area (Å²) in [4.78, 5) is 37.5. The summed E-state index contributed by atoms with van der Waals surface area (Å²) in [6, 6.07) is 0. The van der Waals surface area contributed by atoms with Crippen LogP contribution in [0.25, 0.3) is 0 Å². The lowest BCUT2D eigenvalue weighted by atomic mass is 10.0. The van der Waals surface area contributed by atoms with Gasteiger partial charge in [-0.1, -0.05) is 282 Å². The Bertz CT molecular complexity index is 1820. The number of carboxylic acids is 1. The molecule has 9 nitrogen and oxygen atoms in total. The van der Waals surface area contributed by atoms with E-state index in [0.29, 0.717) is 23.9 Å². The number of hydrogen-bond donors (Lipinski definition) is 1. The van der Waals surface area contributed by atoms with Crippen molar-refractivity contribution in [1.82, 2.24) is 0 Å². The number of allylic oxidation sites excluding steroid dienone is 22. The maximum absolute atomic E-state index is 12.9. The van der Waals surface area contributed by atoms with Crippen molar-refractivity contribution in [2.24, 2.45) is 0 Å². The Labute approximate surface area is 509 Å². The Hall–Kier alpha value is -4.57. The summed E-state index contributed by atoms with van der Waals surface area (Å²) >= 11 is 0. The predicted molar refractivity (Wildman–Crippen MR) is 354 cm³/mol. The average molecular weight is 1160 g/mol. The van der Waals surface area contributed by atoms with Gasteiger partial charge >= 0.3 is 17.9 Å². The Kier molecular flexibility index (Phi) is 60.0. The number of unbranched alkanes of at least 4 members (excludes halogenated alkanes) is 23. The quantitative estimate of drug-likeness (QED) is 0.0211. The fourth-order valence-electron chi connectivity index (χ4n) is 8.84. The molecule has 2 unspecified atom stereocenters. The highest BCUT2D eigenvalue weighted by Crippen LogP contribution is 2.16. The molecular weight excluding hydrogens is 1030 g/mol. The Morgan fingerprint density at radius 3 is 1.02 bits per heavy atom. The van der Waals surface area contributed by atoms with Gasteiger partial charge in [0.15, 0.2) is 6.10 Å². The number of quaternary nitrogens is 1. The van der Waals surface area contributed by atoms with Crippen LogP contribution in [0.2, 0.25) is 0 Å². The molecule has 0 fully saturated rings. The first-order valence-electron chi connectivity index (χ1n) is 33.3. The third-order valence-electron chi connectivity index (χ3n) is 13.9. The van der Waals surface area contributed by atoms with Crippen molar-refractivity contribution in [3.63, 3.8) is 0 Å². The second-order valence-corrected chi connectivity index (χ2v) is 23.1. The molecule has 0 rings (SSSR count). The zero-order valence-corrected chi connectivity index (χ0v) is 53.8. The van der Waals surface area contributed by atoms with Crippen LogP contribution in [0.4, 0.5) is 0 Å². The lowest BCUT2D eigenvalue weighted by Gasteiger charge is -2.25. The summed E-state index contributed by atoms with van der Waals surface area (Å²) in [6.45, 7) is 4.75. The van der Waals surface area contributed by atoms with E-state index in [9.17, 15) is 19.5 Å². The zero-order valence-electron chi connectivity index (χ0n) is 53.8. The summed E-state index contributed by atoms with van der Waals surface area (Å²) in [5.41, 5.74) is 0. The molecule has 472 valence electrons. The molecule has 0 aromatic rings. The third-order valence-corrected chi connectivity index (χ3v) is 13.9. The summed E-state index contributed by atoms with van der Waals surface area (Å²) in [5.74, 6) is -2.03. The van der Waals surface area contributed by atoms with Gasteiger partial charge in [0, 0.05) is 12.8 Å². The minimum atomic E-state index is -1.52. The van der Waals surface area contributed by atoms with Gasteiger partial charge < -0.3 is 28.5 Å². The SMILES string of the molecule is CC/C=C\C/C=C\C/C=C\C/C=C\C/C=C\C/C=C\C/C=C\C/C=C\C/C=C\C/C=C\C/C=C\CCCCCCCC(=O)OC(COC(=O)CCCCCCCCCCCCCCCCCCCCC)COC(OCC[N+](C)(C)C)C(=O)O. The molecule has 83 heavy (non-hydrogen) atoms. The molecule has 0 aliphatic rings. The maximum atomic E-state index is 12.9. The summed E-state index contributed by atoms with van der Waals surface area (Å²) in [6.07, 6.45) is 88.3. The lowest BCUT2D eigenvalue weighted by Crippen LogP contribution is -2.40. The predicted octanol–water partition coefficient (Wildman–Crippen LogP) is 20.6. The number of esters is 2. The van der Waals surface area contributed by atoms with Gasteiger partial charge in [-0.3, -0.25) is 9.59 Å². The number of carbonyl (C=O) groups is 3. The summed E-state index contributed by atoms with van der Waals surface area (Å²) in [7, 11) is 5.96. The molecule has 0 radical (unpaired) electrons. The molecule has 1 N–H and O–H groups in total. The Morgan fingerprint density at radius 1 is 0.373 bits per heavy atom. The van der Waals surface area contributed by atoms with E-state index < -0.39 is 24.3 Å². The van der Waals surface area contributed by atoms with Crippen molar-refractivity contribution in [3.8, 4) is 0 Å². The fraction of sp³-hybridized carbons (Fsp3) is 0.662. The molecule has 2 atom stereocenters. The van der Waals surface area contributed by atoms with Crippen molar-refractivity contribution in [2.75, 3.05) is 47.5 Å². The van der Waals surface area contributed by atoms with Gasteiger partial charge in [-0.25, -0.2) is 4.79 Å². The number of carbonyl (C=O) groups excluding carboxylic acids is 2. The van der Waals surface area contributed by atoms with Crippen LogP contribution in [-0.4, -0.2) is 87.4 Å². The highest BCUT2D eigenvalue weighted by molar-refractivity contribution is 5.71. The monoisotopic (exact) mass is 1150 g/mol. The van der Waals surface area contributed by atoms with Crippen molar-refractivity contribution in [3.05, 3.63) is 134 Å². The van der Waals surface area contributed by atoms with Crippen molar-refractivity contribution >= 4 is 17.9 Å². The minimum absolute atomic E-state index is 0.178. The van der Waals surface area contributed by atoms with E-state index in [1.807, 2.05) is 21.1 Å². The number of aliphatic carboxylic acids is 1. The van der Waals surface area contributed by atoms with Crippen LogP contribution in [0, 0.1) is 0 Å². The normalized spacial score (nSPS) is 13.6. The largest absolute Gasteiger partial charge is 0.477 e. The van der Waals surface area contributed by atoms with Crippen molar-refractivity contribution in [1.29, 1.82) is 0 Å². The molecule has 0 aliphatic heterocycles. The van der Waals surface area contributed by atoms with E-state index in [0.717, 1.165) is 122 Å². The molecule has 0 aliphatic carbocycles. The van der Waals surface area contributed by atoms with Crippen LogP contribution in [0.3, 0.4) is 0 Å². The van der Waals surface area contributed by atoms with Gasteiger partial charge in [0.05, 0.1) is 34.4 Å². The van der Waals surface area contributed by atoms with Gasteiger partial charge in [0.2, 0.25) is 0 Å². The number of hydrogen-bond acceptors (Lipinski definition) is 7. The molecule has 0 aromatic carbocycles. The van der Waals surface area contributed by atoms with Gasteiger partial charge in [0.1, 0.15) is 13.2 Å². The van der Waals surface area contributed by atoms with Crippen LogP contribution in [-0.2, 0) is 33.3 Å². The van der Waals surface area contributed by atoms with Crippen LogP contribution >= 0.6 is 0 Å². The van der Waals surface area contributed by atoms with Gasteiger partial charge in [-0.15, -0.1) is 0 Å². The van der Waals surface area contributed by atoms with Crippen molar-refractivity contribution < 1.29 is 42.9 Å². The van der Waals surface area contributed by atoms with E-state index in [2.05, 4.69) is 148 Å². The standard InChI is InChI=1S/C74H123NO8/c1-6-8-10-12-14-16-18-20-22-24-26-27-28-29-30-31-32-33-34-35-36-37-38-39-40-41-42-43-44-45-47-49-51-53-55-57-59-61-63-65-72(77)83-70(69-82-74(73(78)79)80-67-66-75(3,4)5)68-81-71(76)64-62-60-58-56-54-52-50-48-46-25-23-21-19-17-15-13-11-9-7-2/h8,10,14,16,20,22,26-27,29-30,32-33,35-36,38-39,41-42,44-45,49,51,70,74H,6-7,9,11-13,15,17-19,21,23-25,28,31,34,37,40,43,46-48,50,52-69H2,1-5H3/p+1/b10-8-,16-14-,22-20-,27-26-,30-29-,33-32-,36-35-,39-38-,42-41-,45-44-,51-49-. The first-order chi connectivity index (χ1) is 40.6. The maximum Gasteiger partial charge on any atom is 0.361 e. The summed E-state index contributed by atoms with van der Waals surface area (Å²) < 4.78 is 22.9. The van der Waals surface area contributed by atoms with E-state index in [1.54, 1.807) is 0 Å². The molecule has 0 bridgehead atoms. The van der Waals surface area contributed by atoms with E-state index in [1.165, 1.54) is 103 Å². The highest BCUT2D eigenvalue weighted by atomic mass is 16.7. The van der Waals surface area contributed by atoms with Crippen LogP contribution in [0.15, 0.2) is 134 Å². The number of nitrogens with zero attached hydrogens (tertiary/aromatic N) is 1. The molecule has 9 heteroatoms. The molecular formula is C74H124NO8+. The number of carboxylic acid groups (broad SMARTS) is 1. The Morgan fingerprint density at radius 2 is 0.687 bits per heavy atom. The molecule has 0 amide bonds. The smallest absolute Gasteiger partial charge is 0.361 e. The summed E-state index contributed by atoms with van der Waals surface area (Å²) in [5, 5.41) is 9.73. The molecule has 0 saturated carbocycles. The zero-order chi connectivity index (χ0) is 60.5. The van der Waals surface area contributed by atoms with Crippen molar-refractivity contribution in [2.45, 2.75) is 270 Å². The van der Waals surface area contributed by atoms with Gasteiger partial charge in [-0.2, -0.15) is 0 Å². The number of likely N-dealkylation sites (N-methyl/N-ethyl adjacent to an activating group) is 1. The Balaban J connectivity index is 4.23. The molecule has 0 saturated heterocycles. The second kappa shape index (κ2) is 63.5. The van der Waals surface area contributed by atoms with Crippen LogP contribution < -0.4 is 0 Å². The van der Waals surface area contributed by atoms with Gasteiger partial charge in [0.25, 0.3) is 6.29 Å². The highest BCUT2D eigenvalue weighted by Gasteiger charge is 2.25. The third kappa shape index (κ3) is 64.8. The number of rotatable bonds is 60. The first-order valence-corrected chi connectivity index (χ1v) is 33.3. The first kappa shape index (κ1) is 78.4. The number of ether oxygens (including phenoxy) is 4. The van der Waals surface area contributed by atoms with Gasteiger partial charge in [-0.05, 0) is 96.3 Å². The molecule has 0 heterocycles. The minimum Gasteiger partial charge on any atom is -0.477 e. The van der Waals surface area contributed by atoms with E-state index in [4.69, 9.17) is 18.9 Å². The molecule has 0 aromatic heterocycles.